The van der Waals surface area contributed by atoms with Crippen molar-refractivity contribution in [3.63, 3.8) is 0 Å². The lowest BCUT2D eigenvalue weighted by molar-refractivity contribution is 0.0694. The molecule has 0 aliphatic carbocycles. The number of alkyl halides is 2. The second-order valence-electron chi connectivity index (χ2n) is 2.31. The standard InChI is InChI=1S/C7H3Br2F2NO2/c8-4-2(6(10)11)1-3(7(13)14)5(9)12-4/h1,6H,(H,13,14). The molecule has 3 nitrogen and oxygen atoms in total. The number of nitrogens with zero attached hydrogens (tertiary/aromatic N) is 1. The van der Waals surface area contributed by atoms with Gasteiger partial charge in [-0.25, -0.2) is 18.6 Å². The number of carbonyl (C=O) groups is 1. The van der Waals surface area contributed by atoms with Crippen molar-refractivity contribution < 1.29 is 18.7 Å². The first-order valence-electron chi connectivity index (χ1n) is 3.31. The molecule has 76 valence electrons. The second-order valence-corrected chi connectivity index (χ2v) is 3.81. The maximum Gasteiger partial charge on any atom is 0.338 e. The first kappa shape index (κ1) is 11.5. The van der Waals surface area contributed by atoms with Gasteiger partial charge in [0.25, 0.3) is 6.43 Å². The normalized spacial score (nSPS) is 10.6. The molecule has 0 fully saturated rings. The number of aromatic carboxylic acids is 1. The molecule has 0 bridgehead atoms. The van der Waals surface area contributed by atoms with Crippen LogP contribution >= 0.6 is 31.9 Å². The summed E-state index contributed by atoms with van der Waals surface area (Å²) in [6.45, 7) is 0. The zero-order valence-corrected chi connectivity index (χ0v) is 9.64. The lowest BCUT2D eigenvalue weighted by atomic mass is 10.2. The molecule has 0 aliphatic heterocycles. The molecule has 0 atom stereocenters. The van der Waals surface area contributed by atoms with Crippen LogP contribution in [-0.2, 0) is 0 Å². The Hall–Kier alpha value is -0.560. The fraction of sp³-hybridized carbons (Fsp3) is 0.143. The van der Waals surface area contributed by atoms with Crippen LogP contribution in [0.25, 0.3) is 0 Å². The molecule has 0 unspecified atom stereocenters. The fourth-order valence-electron chi connectivity index (χ4n) is 0.789. The summed E-state index contributed by atoms with van der Waals surface area (Å²) in [6, 6.07) is 0.883. The number of rotatable bonds is 2. The van der Waals surface area contributed by atoms with Gasteiger partial charge in [-0.3, -0.25) is 0 Å². The quantitative estimate of drug-likeness (QED) is 0.847. The van der Waals surface area contributed by atoms with Crippen LogP contribution in [0.2, 0.25) is 0 Å². The molecule has 0 aliphatic rings. The number of pyridine rings is 1. The third kappa shape index (κ3) is 2.27. The van der Waals surface area contributed by atoms with Crippen LogP contribution < -0.4 is 0 Å². The Labute approximate surface area is 94.4 Å². The Kier molecular flexibility index (Phi) is 3.54. The van der Waals surface area contributed by atoms with Crippen molar-refractivity contribution in [3.8, 4) is 0 Å². The number of carboxylic acid groups (broad SMARTS) is 1. The van der Waals surface area contributed by atoms with Gasteiger partial charge in [-0.15, -0.1) is 0 Å². The van der Waals surface area contributed by atoms with Crippen molar-refractivity contribution in [2.24, 2.45) is 0 Å². The van der Waals surface area contributed by atoms with E-state index in [0.717, 1.165) is 6.07 Å². The van der Waals surface area contributed by atoms with Crippen molar-refractivity contribution in [1.29, 1.82) is 0 Å². The molecule has 1 heterocycles. The van der Waals surface area contributed by atoms with Crippen LogP contribution in [0.3, 0.4) is 0 Å². The number of carboxylic acids is 1. The maximum absolute atomic E-state index is 12.3. The Balaban J connectivity index is 3.34. The predicted molar refractivity (Wildman–Crippen MR) is 51.6 cm³/mol. The van der Waals surface area contributed by atoms with E-state index in [-0.39, 0.29) is 14.8 Å². The van der Waals surface area contributed by atoms with Gasteiger partial charge in [0.2, 0.25) is 0 Å². The minimum absolute atomic E-state index is 0.0151. The number of halogens is 4. The summed E-state index contributed by atoms with van der Waals surface area (Å²) in [5.74, 6) is -1.31. The highest BCUT2D eigenvalue weighted by molar-refractivity contribution is 9.11. The summed E-state index contributed by atoms with van der Waals surface area (Å²) in [4.78, 5) is 14.2. The highest BCUT2D eigenvalue weighted by Crippen LogP contribution is 2.29. The molecular formula is C7H3Br2F2NO2. The first-order chi connectivity index (χ1) is 6.43. The third-order valence-corrected chi connectivity index (χ3v) is 2.66. The molecule has 0 aromatic carbocycles. The monoisotopic (exact) mass is 329 g/mol. The second kappa shape index (κ2) is 4.31. The van der Waals surface area contributed by atoms with Gasteiger partial charge in [0.1, 0.15) is 9.21 Å². The predicted octanol–water partition coefficient (Wildman–Crippen LogP) is 3.24. The number of hydrogen-bond donors (Lipinski definition) is 1. The van der Waals surface area contributed by atoms with Gasteiger partial charge >= 0.3 is 5.97 Å². The van der Waals surface area contributed by atoms with Crippen LogP contribution in [-0.4, -0.2) is 16.1 Å². The first-order valence-corrected chi connectivity index (χ1v) is 4.89. The Bertz CT molecular complexity index is 384. The molecule has 0 spiro atoms. The van der Waals surface area contributed by atoms with E-state index < -0.39 is 18.0 Å². The summed E-state index contributed by atoms with van der Waals surface area (Å²) in [5, 5.41) is 8.63. The van der Waals surface area contributed by atoms with Crippen LogP contribution in [0.1, 0.15) is 22.3 Å². The van der Waals surface area contributed by atoms with E-state index in [1.165, 1.54) is 0 Å². The largest absolute Gasteiger partial charge is 0.478 e. The fourth-order valence-corrected chi connectivity index (χ4v) is 1.95. The number of hydrogen-bond acceptors (Lipinski definition) is 2. The van der Waals surface area contributed by atoms with Crippen LogP contribution in [0, 0.1) is 0 Å². The van der Waals surface area contributed by atoms with Crippen molar-refractivity contribution in [2.75, 3.05) is 0 Å². The van der Waals surface area contributed by atoms with Gasteiger partial charge in [0.15, 0.2) is 0 Å². The topological polar surface area (TPSA) is 50.2 Å². The molecular weight excluding hydrogens is 328 g/mol. The van der Waals surface area contributed by atoms with Crippen LogP contribution in [0.4, 0.5) is 8.78 Å². The smallest absolute Gasteiger partial charge is 0.338 e. The minimum Gasteiger partial charge on any atom is -0.478 e. The molecule has 7 heteroatoms. The summed E-state index contributed by atoms with van der Waals surface area (Å²) in [5.41, 5.74) is -0.728. The van der Waals surface area contributed by atoms with Gasteiger partial charge < -0.3 is 5.11 Å². The lowest BCUT2D eigenvalue weighted by Crippen LogP contribution is -2.02. The molecule has 0 saturated carbocycles. The van der Waals surface area contributed by atoms with Crippen LogP contribution in [0.15, 0.2) is 15.3 Å². The van der Waals surface area contributed by atoms with E-state index in [2.05, 4.69) is 36.8 Å². The maximum atomic E-state index is 12.3. The van der Waals surface area contributed by atoms with Gasteiger partial charge in [-0.05, 0) is 37.9 Å². The molecule has 14 heavy (non-hydrogen) atoms. The lowest BCUT2D eigenvalue weighted by Gasteiger charge is -2.05. The average Bonchev–Trinajstić information content (AvgIpc) is 2.02. The van der Waals surface area contributed by atoms with Crippen molar-refractivity contribution in [2.45, 2.75) is 6.43 Å². The van der Waals surface area contributed by atoms with E-state index in [4.69, 9.17) is 5.11 Å². The van der Waals surface area contributed by atoms with Gasteiger partial charge in [-0.2, -0.15) is 0 Å². The van der Waals surface area contributed by atoms with Crippen molar-refractivity contribution >= 4 is 37.8 Å². The van der Waals surface area contributed by atoms with E-state index in [1.54, 1.807) is 0 Å². The zero-order chi connectivity index (χ0) is 10.9. The SMILES string of the molecule is O=C(O)c1cc(C(F)F)c(Br)nc1Br. The zero-order valence-electron chi connectivity index (χ0n) is 6.47. The van der Waals surface area contributed by atoms with E-state index in [1.807, 2.05) is 0 Å². The Morgan fingerprint density at radius 2 is 2.00 bits per heavy atom. The highest BCUT2D eigenvalue weighted by Gasteiger charge is 2.19. The highest BCUT2D eigenvalue weighted by atomic mass is 79.9. The Morgan fingerprint density at radius 1 is 1.43 bits per heavy atom. The van der Waals surface area contributed by atoms with E-state index >= 15 is 0 Å². The molecule has 1 rings (SSSR count). The molecule has 1 aromatic rings. The summed E-state index contributed by atoms with van der Waals surface area (Å²) < 4.78 is 24.6. The molecule has 1 aromatic heterocycles. The molecule has 0 amide bonds. The van der Waals surface area contributed by atoms with E-state index in [9.17, 15) is 13.6 Å². The van der Waals surface area contributed by atoms with E-state index in [0.29, 0.717) is 0 Å². The van der Waals surface area contributed by atoms with Gasteiger partial charge in [0, 0.05) is 0 Å². The molecule has 0 saturated heterocycles. The number of aromatic nitrogens is 1. The third-order valence-electron chi connectivity index (χ3n) is 1.42. The van der Waals surface area contributed by atoms with Crippen LogP contribution in [0.5, 0.6) is 0 Å². The molecule has 1 N–H and O–H groups in total. The summed E-state index contributed by atoms with van der Waals surface area (Å²) in [7, 11) is 0. The molecule has 0 radical (unpaired) electrons. The van der Waals surface area contributed by atoms with Crippen molar-refractivity contribution in [3.05, 3.63) is 26.4 Å². The summed E-state index contributed by atoms with van der Waals surface area (Å²) in [6.07, 6.45) is -2.76. The minimum atomic E-state index is -2.76. The van der Waals surface area contributed by atoms with Gasteiger partial charge in [-0.1, -0.05) is 0 Å². The van der Waals surface area contributed by atoms with Crippen molar-refractivity contribution in [1.82, 2.24) is 4.98 Å². The average molecular weight is 331 g/mol. The summed E-state index contributed by atoms with van der Waals surface area (Å²) >= 11 is 5.68. The van der Waals surface area contributed by atoms with Gasteiger partial charge in [0.05, 0.1) is 11.1 Å². The Morgan fingerprint density at radius 3 is 2.43 bits per heavy atom.